The molecule has 1 unspecified atom stereocenters. The summed E-state index contributed by atoms with van der Waals surface area (Å²) in [4.78, 5) is 11.4. The third-order valence-electron chi connectivity index (χ3n) is 5.84. The standard InChI is InChI=1S/C25H29F2N5/c1-2-32(23-7-9-28-16-23)17-19-4-3-5-20(12-19)24-8-11-30-25(31-24)29-10-6-18-13-21(26)15-22(27)14-18/h3-5,8,11-15,23,28H,2,6-7,9-10,16-17H2,1H3,(H,29,30,31). The lowest BCUT2D eigenvalue weighted by Gasteiger charge is -2.27. The molecule has 4 rings (SSSR count). The molecule has 5 nitrogen and oxygen atoms in total. The number of anilines is 1. The maximum Gasteiger partial charge on any atom is 0.223 e. The Morgan fingerprint density at radius 1 is 1.09 bits per heavy atom. The van der Waals surface area contributed by atoms with E-state index in [1.54, 1.807) is 6.20 Å². The average Bonchev–Trinajstić information content (AvgIpc) is 3.32. The summed E-state index contributed by atoms with van der Waals surface area (Å²) in [5.41, 5.74) is 3.74. The van der Waals surface area contributed by atoms with Gasteiger partial charge in [0.1, 0.15) is 11.6 Å². The molecule has 2 N–H and O–H groups in total. The first-order valence-corrected chi connectivity index (χ1v) is 11.2. The highest BCUT2D eigenvalue weighted by atomic mass is 19.1. The molecule has 1 fully saturated rings. The summed E-state index contributed by atoms with van der Waals surface area (Å²) in [6.07, 6.45) is 3.39. The highest BCUT2D eigenvalue weighted by molar-refractivity contribution is 5.61. The quantitative estimate of drug-likeness (QED) is 0.524. The minimum atomic E-state index is -0.566. The van der Waals surface area contributed by atoms with Gasteiger partial charge in [-0.2, -0.15) is 0 Å². The first-order chi connectivity index (χ1) is 15.6. The zero-order valence-electron chi connectivity index (χ0n) is 18.3. The number of benzene rings is 2. The molecule has 3 aromatic rings. The third-order valence-corrected chi connectivity index (χ3v) is 5.84. The highest BCUT2D eigenvalue weighted by Gasteiger charge is 2.21. The second-order valence-corrected chi connectivity index (χ2v) is 8.13. The normalized spacial score (nSPS) is 15.9. The Labute approximate surface area is 187 Å². The Hall–Kier alpha value is -2.90. The Bertz CT molecular complexity index is 1020. The number of hydrogen-bond acceptors (Lipinski definition) is 5. The molecule has 7 heteroatoms. The topological polar surface area (TPSA) is 53.1 Å². The third kappa shape index (κ3) is 5.87. The molecule has 32 heavy (non-hydrogen) atoms. The fourth-order valence-electron chi connectivity index (χ4n) is 4.19. The predicted molar refractivity (Wildman–Crippen MR) is 123 cm³/mol. The minimum absolute atomic E-state index is 0.473. The molecule has 1 atom stereocenters. The van der Waals surface area contributed by atoms with Crippen LogP contribution >= 0.6 is 0 Å². The number of aromatic nitrogens is 2. The Balaban J connectivity index is 1.40. The molecule has 1 aromatic heterocycles. The van der Waals surface area contributed by atoms with Crippen LogP contribution in [0.3, 0.4) is 0 Å². The van der Waals surface area contributed by atoms with Crippen molar-refractivity contribution in [3.63, 3.8) is 0 Å². The van der Waals surface area contributed by atoms with Crippen LogP contribution in [-0.2, 0) is 13.0 Å². The summed E-state index contributed by atoms with van der Waals surface area (Å²) in [5, 5.41) is 6.60. The Kier molecular flexibility index (Phi) is 7.39. The van der Waals surface area contributed by atoms with E-state index in [1.807, 2.05) is 6.07 Å². The van der Waals surface area contributed by atoms with Gasteiger partial charge in [-0.3, -0.25) is 4.90 Å². The largest absolute Gasteiger partial charge is 0.354 e. The van der Waals surface area contributed by atoms with Crippen molar-refractivity contribution in [1.82, 2.24) is 20.2 Å². The van der Waals surface area contributed by atoms with E-state index in [4.69, 9.17) is 0 Å². The van der Waals surface area contributed by atoms with Gasteiger partial charge in [-0.1, -0.05) is 25.1 Å². The molecule has 0 radical (unpaired) electrons. The van der Waals surface area contributed by atoms with Crippen molar-refractivity contribution in [2.24, 2.45) is 0 Å². The van der Waals surface area contributed by atoms with E-state index in [-0.39, 0.29) is 0 Å². The van der Waals surface area contributed by atoms with Crippen molar-refractivity contribution in [3.05, 3.63) is 77.5 Å². The maximum absolute atomic E-state index is 13.3. The summed E-state index contributed by atoms with van der Waals surface area (Å²) in [7, 11) is 0. The van der Waals surface area contributed by atoms with Crippen LogP contribution in [0.15, 0.2) is 54.7 Å². The zero-order chi connectivity index (χ0) is 22.3. The van der Waals surface area contributed by atoms with Gasteiger partial charge in [0.05, 0.1) is 5.69 Å². The van der Waals surface area contributed by atoms with E-state index in [0.717, 1.165) is 43.5 Å². The van der Waals surface area contributed by atoms with E-state index in [2.05, 4.69) is 56.7 Å². The SMILES string of the molecule is CCN(Cc1cccc(-c2ccnc(NCCc3cc(F)cc(F)c3)n2)c1)C1CCNC1. The predicted octanol–water partition coefficient (Wildman–Crippen LogP) is 4.26. The molecule has 0 aliphatic carbocycles. The molecule has 1 aliphatic heterocycles. The van der Waals surface area contributed by atoms with E-state index >= 15 is 0 Å². The number of rotatable bonds is 9. The lowest BCUT2D eigenvalue weighted by molar-refractivity contribution is 0.210. The van der Waals surface area contributed by atoms with Crippen molar-refractivity contribution in [3.8, 4) is 11.3 Å². The van der Waals surface area contributed by atoms with Crippen molar-refractivity contribution >= 4 is 5.95 Å². The van der Waals surface area contributed by atoms with Crippen LogP contribution < -0.4 is 10.6 Å². The van der Waals surface area contributed by atoms with Crippen LogP contribution in [0, 0.1) is 11.6 Å². The van der Waals surface area contributed by atoms with Crippen molar-refractivity contribution in [2.45, 2.75) is 32.4 Å². The highest BCUT2D eigenvalue weighted by Crippen LogP contribution is 2.21. The molecule has 1 saturated heterocycles. The lowest BCUT2D eigenvalue weighted by Crippen LogP contribution is -2.36. The fraction of sp³-hybridized carbons (Fsp3) is 0.360. The van der Waals surface area contributed by atoms with Crippen LogP contribution in [0.4, 0.5) is 14.7 Å². The molecule has 0 spiro atoms. The average molecular weight is 438 g/mol. The summed E-state index contributed by atoms with van der Waals surface area (Å²) in [5.74, 6) is -0.634. The summed E-state index contributed by atoms with van der Waals surface area (Å²) in [6, 6.07) is 14.5. The summed E-state index contributed by atoms with van der Waals surface area (Å²) in [6.45, 7) is 6.77. The molecule has 2 aromatic carbocycles. The molecule has 1 aliphatic rings. The monoisotopic (exact) mass is 437 g/mol. The Morgan fingerprint density at radius 2 is 1.94 bits per heavy atom. The summed E-state index contributed by atoms with van der Waals surface area (Å²) >= 11 is 0. The van der Waals surface area contributed by atoms with Crippen molar-refractivity contribution in [1.29, 1.82) is 0 Å². The number of halogens is 2. The molecule has 0 amide bonds. The molecule has 0 saturated carbocycles. The van der Waals surface area contributed by atoms with Gasteiger partial charge in [0.15, 0.2) is 0 Å². The number of likely N-dealkylation sites (N-methyl/N-ethyl adjacent to an activating group) is 1. The maximum atomic E-state index is 13.3. The van der Waals surface area contributed by atoms with Crippen LogP contribution in [0.5, 0.6) is 0 Å². The molecule has 168 valence electrons. The van der Waals surface area contributed by atoms with Crippen molar-refractivity contribution < 1.29 is 8.78 Å². The van der Waals surface area contributed by atoms with Gasteiger partial charge in [0, 0.05) is 43.5 Å². The van der Waals surface area contributed by atoms with Gasteiger partial charge < -0.3 is 10.6 Å². The fourth-order valence-corrected chi connectivity index (χ4v) is 4.19. The smallest absolute Gasteiger partial charge is 0.223 e. The van der Waals surface area contributed by atoms with Gasteiger partial charge in [-0.25, -0.2) is 18.7 Å². The number of nitrogens with zero attached hydrogens (tertiary/aromatic N) is 3. The van der Waals surface area contributed by atoms with Gasteiger partial charge in [-0.15, -0.1) is 0 Å². The van der Waals surface area contributed by atoms with Crippen molar-refractivity contribution in [2.75, 3.05) is 31.5 Å². The molecule has 2 heterocycles. The number of hydrogen-bond donors (Lipinski definition) is 2. The summed E-state index contributed by atoms with van der Waals surface area (Å²) < 4.78 is 26.7. The lowest BCUT2D eigenvalue weighted by atomic mass is 10.1. The van der Waals surface area contributed by atoms with Crippen LogP contribution in [-0.4, -0.2) is 47.1 Å². The van der Waals surface area contributed by atoms with Crippen LogP contribution in [0.25, 0.3) is 11.3 Å². The second-order valence-electron chi connectivity index (χ2n) is 8.13. The number of nitrogens with one attached hydrogen (secondary N) is 2. The van der Waals surface area contributed by atoms with E-state index < -0.39 is 11.6 Å². The first-order valence-electron chi connectivity index (χ1n) is 11.2. The molecule has 0 bridgehead atoms. The minimum Gasteiger partial charge on any atom is -0.354 e. The van der Waals surface area contributed by atoms with Gasteiger partial charge in [0.2, 0.25) is 5.95 Å². The van der Waals surface area contributed by atoms with E-state index in [0.29, 0.717) is 30.5 Å². The van der Waals surface area contributed by atoms with E-state index in [9.17, 15) is 8.78 Å². The van der Waals surface area contributed by atoms with Gasteiger partial charge in [0.25, 0.3) is 0 Å². The molecular weight excluding hydrogens is 408 g/mol. The Morgan fingerprint density at radius 3 is 2.69 bits per heavy atom. The second kappa shape index (κ2) is 10.6. The van der Waals surface area contributed by atoms with Crippen LogP contribution in [0.1, 0.15) is 24.5 Å². The van der Waals surface area contributed by atoms with Gasteiger partial charge >= 0.3 is 0 Å². The van der Waals surface area contributed by atoms with E-state index in [1.165, 1.54) is 24.1 Å². The first kappa shape index (κ1) is 22.3. The van der Waals surface area contributed by atoms with Gasteiger partial charge in [-0.05, 0) is 61.3 Å². The zero-order valence-corrected chi connectivity index (χ0v) is 18.3. The molecular formula is C25H29F2N5. The van der Waals surface area contributed by atoms with Crippen LogP contribution in [0.2, 0.25) is 0 Å².